The Morgan fingerprint density at radius 3 is 2.15 bits per heavy atom. The highest BCUT2D eigenvalue weighted by Gasteiger charge is 2.31. The number of aromatic nitrogens is 4. The number of halogens is 5. The average Bonchev–Trinajstić information content (AvgIpc) is 3.87. The molecule has 62 heavy (non-hydrogen) atoms. The number of phenolic OH excluding ortho intramolecular Hbond substituents is 1. The number of hydrogen-bond acceptors (Lipinski definition) is 7. The van der Waals surface area contributed by atoms with Crippen molar-refractivity contribution in [1.82, 2.24) is 25.2 Å². The Balaban J connectivity index is 0.000000435. The number of benzene rings is 3. The summed E-state index contributed by atoms with van der Waals surface area (Å²) in [5, 5.41) is 27.0. The molecule has 0 aliphatic carbocycles. The SMILES string of the molecule is CCCCCCCCCCCCC(Oc1ccc(O)c(C)c1)C(=O)Nc1ccc(Cl)c(N=C2CC(=O)N(c3c(Cl)cc(Cl)cc3Cl)N2)c1.Cc1nnc2c(Cl)c(C(C)(C)C)[nH]n12. The van der Waals surface area contributed by atoms with Crippen molar-refractivity contribution in [3.63, 3.8) is 0 Å². The number of nitrogens with zero attached hydrogens (tertiary/aromatic N) is 5. The lowest BCUT2D eigenvalue weighted by molar-refractivity contribution is -0.123. The average molecular weight is 949 g/mol. The highest BCUT2D eigenvalue weighted by Crippen LogP contribution is 2.38. The van der Waals surface area contributed by atoms with E-state index in [1.807, 2.05) is 11.4 Å². The van der Waals surface area contributed by atoms with E-state index in [4.69, 9.17) is 62.7 Å². The van der Waals surface area contributed by atoms with Crippen LogP contribution in [0.1, 0.15) is 122 Å². The Hall–Kier alpha value is -4.20. The van der Waals surface area contributed by atoms with Crippen LogP contribution in [0, 0.1) is 13.8 Å². The summed E-state index contributed by atoms with van der Waals surface area (Å²) < 4.78 is 7.97. The van der Waals surface area contributed by atoms with E-state index in [0.29, 0.717) is 55.7 Å². The van der Waals surface area contributed by atoms with Gasteiger partial charge in [0.15, 0.2) is 11.8 Å². The van der Waals surface area contributed by atoms with E-state index in [1.54, 1.807) is 43.3 Å². The summed E-state index contributed by atoms with van der Waals surface area (Å²) in [4.78, 5) is 31.0. The zero-order valence-corrected chi connectivity index (χ0v) is 39.8. The topological polar surface area (TPSA) is 149 Å². The van der Waals surface area contributed by atoms with Crippen molar-refractivity contribution in [2.24, 2.45) is 4.99 Å². The standard InChI is InChI=1S/C36H42Cl4N4O4.C9H13ClN4/c1-3-4-5-6-7-8-9-10-11-12-13-32(48-26-15-17-31(45)23(2)18-26)36(47)41-25-14-16-27(38)30(21-25)42-33-22-34(46)44(43-33)35-28(39)19-24(37)20-29(35)40;1-5-11-12-8-6(10)7(9(2,3)4)13-14(5)8/h14-21,32,45H,3-13,22H2,1-2H3,(H,41,47)(H,42,43);13H,1-4H3. The molecule has 1 fully saturated rings. The molecule has 1 aliphatic heterocycles. The predicted octanol–water partition coefficient (Wildman–Crippen LogP) is 13.3. The van der Waals surface area contributed by atoms with Gasteiger partial charge in [0.1, 0.15) is 33.9 Å². The van der Waals surface area contributed by atoms with Crippen LogP contribution in [0.25, 0.3) is 5.65 Å². The lowest BCUT2D eigenvalue weighted by Crippen LogP contribution is -2.36. The van der Waals surface area contributed by atoms with E-state index < -0.39 is 6.10 Å². The second kappa shape index (κ2) is 22.4. The number of anilines is 2. The van der Waals surface area contributed by atoms with E-state index in [9.17, 15) is 14.7 Å². The van der Waals surface area contributed by atoms with Crippen molar-refractivity contribution >= 4 is 98.4 Å². The molecule has 2 amide bonds. The van der Waals surface area contributed by atoms with E-state index in [2.05, 4.69) is 58.7 Å². The molecule has 0 radical (unpaired) electrons. The molecular formula is C45H55Cl5N8O4. The van der Waals surface area contributed by atoms with Crippen molar-refractivity contribution in [3.8, 4) is 11.5 Å². The van der Waals surface area contributed by atoms with Gasteiger partial charge in [0.2, 0.25) is 0 Å². The van der Waals surface area contributed by atoms with Crippen molar-refractivity contribution in [2.45, 2.75) is 130 Å². The van der Waals surface area contributed by atoms with Crippen LogP contribution < -0.4 is 20.5 Å². The van der Waals surface area contributed by atoms with Crippen molar-refractivity contribution in [2.75, 3.05) is 10.3 Å². The van der Waals surface area contributed by atoms with Crippen molar-refractivity contribution < 1.29 is 19.4 Å². The molecule has 2 aromatic heterocycles. The van der Waals surface area contributed by atoms with E-state index in [0.717, 1.165) is 30.8 Å². The third-order valence-electron chi connectivity index (χ3n) is 10.3. The first-order valence-corrected chi connectivity index (χ1v) is 22.8. The number of rotatable bonds is 17. The summed E-state index contributed by atoms with van der Waals surface area (Å²) in [6, 6.07) is 12.9. The van der Waals surface area contributed by atoms with E-state index in [1.165, 1.54) is 62.1 Å². The largest absolute Gasteiger partial charge is 0.508 e. The number of phenols is 1. The molecule has 3 heterocycles. The maximum absolute atomic E-state index is 13.6. The summed E-state index contributed by atoms with van der Waals surface area (Å²) in [5.41, 5.74) is 6.36. The molecule has 4 N–H and O–H groups in total. The first kappa shape index (κ1) is 48.8. The molecule has 6 rings (SSSR count). The van der Waals surface area contributed by atoms with Crippen LogP contribution in [0.5, 0.6) is 11.5 Å². The number of carbonyl (C=O) groups excluding carboxylic acids is 2. The summed E-state index contributed by atoms with van der Waals surface area (Å²) in [7, 11) is 0. The second-order valence-electron chi connectivity index (χ2n) is 16.4. The minimum atomic E-state index is -0.759. The maximum atomic E-state index is 13.6. The molecule has 0 saturated carbocycles. The molecule has 17 heteroatoms. The predicted molar refractivity (Wildman–Crippen MR) is 253 cm³/mol. The smallest absolute Gasteiger partial charge is 0.265 e. The number of unbranched alkanes of at least 4 members (excludes halogenated alkanes) is 9. The molecule has 0 bridgehead atoms. The minimum Gasteiger partial charge on any atom is -0.508 e. The number of hydrogen-bond donors (Lipinski definition) is 4. The number of aliphatic imine (C=N–C) groups is 1. The number of nitrogens with one attached hydrogen (secondary N) is 3. The monoisotopic (exact) mass is 946 g/mol. The molecule has 3 aromatic carbocycles. The fraction of sp³-hybridized carbons (Fsp3) is 0.444. The van der Waals surface area contributed by atoms with Crippen LogP contribution in [-0.4, -0.2) is 48.7 Å². The van der Waals surface area contributed by atoms with Gasteiger partial charge in [-0.15, -0.1) is 10.2 Å². The first-order valence-electron chi connectivity index (χ1n) is 20.9. The van der Waals surface area contributed by atoms with E-state index in [-0.39, 0.29) is 45.1 Å². The molecule has 1 aliphatic rings. The minimum absolute atomic E-state index is 0.00970. The Morgan fingerprint density at radius 2 is 1.53 bits per heavy atom. The fourth-order valence-corrected chi connectivity index (χ4v) is 8.42. The molecule has 5 aromatic rings. The van der Waals surface area contributed by atoms with Crippen LogP contribution in [0.2, 0.25) is 25.1 Å². The Labute approximate surface area is 388 Å². The number of fused-ring (bicyclic) bond motifs is 1. The number of H-pyrrole nitrogens is 1. The van der Waals surface area contributed by atoms with E-state index >= 15 is 0 Å². The van der Waals surface area contributed by atoms with Gasteiger partial charge >= 0.3 is 0 Å². The number of amidine groups is 1. The van der Waals surface area contributed by atoms with Gasteiger partial charge < -0.3 is 15.2 Å². The number of aryl methyl sites for hydroxylation is 2. The number of aromatic amines is 1. The van der Waals surface area contributed by atoms with Gasteiger partial charge in [0, 0.05) is 16.1 Å². The number of ether oxygens (including phenoxy) is 1. The van der Waals surface area contributed by atoms with Gasteiger partial charge in [0.05, 0.1) is 32.9 Å². The molecule has 1 saturated heterocycles. The molecule has 0 spiro atoms. The Bertz CT molecular complexity index is 2350. The van der Waals surface area contributed by atoms with Crippen molar-refractivity contribution in [1.29, 1.82) is 0 Å². The van der Waals surface area contributed by atoms with Crippen LogP contribution in [0.15, 0.2) is 53.5 Å². The van der Waals surface area contributed by atoms with Crippen molar-refractivity contribution in [3.05, 3.63) is 90.7 Å². The summed E-state index contributed by atoms with van der Waals surface area (Å²) in [5.74, 6) is 1.16. The number of carbonyl (C=O) groups is 2. The first-order chi connectivity index (χ1) is 29.5. The van der Waals surface area contributed by atoms with Gasteiger partial charge in [-0.25, -0.2) is 14.5 Å². The van der Waals surface area contributed by atoms with Crippen LogP contribution >= 0.6 is 58.0 Å². The highest BCUT2D eigenvalue weighted by atomic mass is 35.5. The molecule has 1 unspecified atom stereocenters. The highest BCUT2D eigenvalue weighted by molar-refractivity contribution is 6.43. The normalized spacial score (nSPS) is 14.0. The Morgan fingerprint density at radius 1 is 0.887 bits per heavy atom. The summed E-state index contributed by atoms with van der Waals surface area (Å²) in [6.45, 7) is 12.2. The van der Waals surface area contributed by atoms with Gasteiger partial charge in [0.25, 0.3) is 11.8 Å². The van der Waals surface area contributed by atoms with Gasteiger partial charge in [-0.3, -0.25) is 20.1 Å². The van der Waals surface area contributed by atoms with Gasteiger partial charge in [-0.1, -0.05) is 143 Å². The zero-order chi connectivity index (χ0) is 45.1. The number of hydrazine groups is 1. The quantitative estimate of drug-likeness (QED) is 0.0678. The molecule has 1 atom stereocenters. The number of aromatic hydroxyl groups is 1. The van der Waals surface area contributed by atoms with Gasteiger partial charge in [-0.2, -0.15) is 0 Å². The second-order valence-corrected chi connectivity index (χ2v) is 18.5. The summed E-state index contributed by atoms with van der Waals surface area (Å²) in [6.07, 6.45) is 11.6. The Kier molecular flexibility index (Phi) is 17.7. The maximum Gasteiger partial charge on any atom is 0.265 e. The van der Waals surface area contributed by atoms with Crippen LogP contribution in [0.3, 0.4) is 0 Å². The van der Waals surface area contributed by atoms with Crippen LogP contribution in [-0.2, 0) is 15.0 Å². The zero-order valence-electron chi connectivity index (χ0n) is 36.0. The lowest BCUT2D eigenvalue weighted by atomic mass is 9.92. The van der Waals surface area contributed by atoms with Gasteiger partial charge in [-0.05, 0) is 80.8 Å². The summed E-state index contributed by atoms with van der Waals surface area (Å²) >= 11 is 31.4. The third-order valence-corrected chi connectivity index (χ3v) is 11.7. The molecule has 334 valence electrons. The van der Waals surface area contributed by atoms with Crippen LogP contribution in [0.4, 0.5) is 17.1 Å². The molecule has 12 nitrogen and oxygen atoms in total. The fourth-order valence-electron chi connectivity index (χ4n) is 6.83. The third kappa shape index (κ3) is 13.2. The number of amides is 2. The molecular weight excluding hydrogens is 894 g/mol. The lowest BCUT2D eigenvalue weighted by Gasteiger charge is -2.20.